The minimum atomic E-state index is -0.257. The van der Waals surface area contributed by atoms with E-state index in [-0.39, 0.29) is 5.92 Å². The van der Waals surface area contributed by atoms with E-state index in [0.29, 0.717) is 11.1 Å². The molecule has 1 aliphatic heterocycles. The maximum Gasteiger partial charge on any atom is 0.148 e. The van der Waals surface area contributed by atoms with E-state index < -0.39 is 0 Å². The first kappa shape index (κ1) is 11.3. The average Bonchev–Trinajstić information content (AvgIpc) is 2.38. The van der Waals surface area contributed by atoms with Gasteiger partial charge in [-0.1, -0.05) is 24.3 Å². The van der Waals surface area contributed by atoms with Gasteiger partial charge in [0.25, 0.3) is 0 Å². The lowest BCUT2D eigenvalue weighted by Crippen LogP contribution is -2.18. The maximum absolute atomic E-state index is 11.1. The second-order valence-electron chi connectivity index (χ2n) is 3.98. The fraction of sp³-hybridized carbons (Fsp3) is 0.143. The number of dihydropyridines is 1. The molecule has 0 saturated carbocycles. The zero-order valence-electron chi connectivity index (χ0n) is 9.51. The number of aldehydes is 2. The van der Waals surface area contributed by atoms with Crippen molar-refractivity contribution < 1.29 is 9.59 Å². The molecule has 1 aliphatic rings. The summed E-state index contributed by atoms with van der Waals surface area (Å²) in [6.07, 6.45) is 4.86. The van der Waals surface area contributed by atoms with Crippen LogP contribution < -0.4 is 5.32 Å². The van der Waals surface area contributed by atoms with Crippen molar-refractivity contribution in [2.24, 2.45) is 0 Å². The van der Waals surface area contributed by atoms with Gasteiger partial charge in [0.2, 0.25) is 0 Å². The first-order valence-electron chi connectivity index (χ1n) is 5.40. The number of carbonyl (C=O) groups is 2. The minimum absolute atomic E-state index is 0.257. The first-order chi connectivity index (χ1) is 8.27. The summed E-state index contributed by atoms with van der Waals surface area (Å²) in [6.45, 7) is 1.97. The SMILES string of the molecule is Cc1ccccc1C1C(C=O)=CNC=C1C=O. The summed E-state index contributed by atoms with van der Waals surface area (Å²) in [5.74, 6) is -0.257. The third-order valence-corrected chi connectivity index (χ3v) is 2.94. The van der Waals surface area contributed by atoms with Gasteiger partial charge in [-0.05, 0) is 18.1 Å². The van der Waals surface area contributed by atoms with Crippen LogP contribution in [0.5, 0.6) is 0 Å². The zero-order valence-corrected chi connectivity index (χ0v) is 9.51. The second kappa shape index (κ2) is 4.78. The van der Waals surface area contributed by atoms with Crippen molar-refractivity contribution in [3.63, 3.8) is 0 Å². The Bertz CT molecular complexity index is 491. The number of hydrogen-bond donors (Lipinski definition) is 1. The standard InChI is InChI=1S/C14H13NO2/c1-10-4-2-3-5-13(10)14-11(8-16)6-15-7-12(14)9-17/h2-9,14-15H,1H3. The van der Waals surface area contributed by atoms with Crippen LogP contribution in [0.15, 0.2) is 47.8 Å². The normalized spacial score (nSPS) is 15.6. The summed E-state index contributed by atoms with van der Waals surface area (Å²) >= 11 is 0. The summed E-state index contributed by atoms with van der Waals surface area (Å²) in [5.41, 5.74) is 3.21. The lowest BCUT2D eigenvalue weighted by Gasteiger charge is -2.22. The minimum Gasteiger partial charge on any atom is -0.367 e. The highest BCUT2D eigenvalue weighted by Crippen LogP contribution is 2.33. The van der Waals surface area contributed by atoms with E-state index in [1.807, 2.05) is 31.2 Å². The van der Waals surface area contributed by atoms with Gasteiger partial charge in [0.15, 0.2) is 0 Å². The van der Waals surface area contributed by atoms with Gasteiger partial charge in [-0.25, -0.2) is 0 Å². The molecule has 3 heteroatoms. The molecule has 0 aromatic heterocycles. The number of nitrogens with one attached hydrogen (secondary N) is 1. The Hall–Kier alpha value is -2.16. The predicted molar refractivity (Wildman–Crippen MR) is 65.3 cm³/mol. The summed E-state index contributed by atoms with van der Waals surface area (Å²) < 4.78 is 0. The molecule has 0 aliphatic carbocycles. The van der Waals surface area contributed by atoms with Gasteiger partial charge in [-0.15, -0.1) is 0 Å². The van der Waals surface area contributed by atoms with E-state index in [1.54, 1.807) is 12.4 Å². The Kier molecular flexibility index (Phi) is 3.19. The predicted octanol–water partition coefficient (Wildman–Crippen LogP) is 1.85. The molecule has 17 heavy (non-hydrogen) atoms. The highest BCUT2D eigenvalue weighted by molar-refractivity contribution is 5.86. The Morgan fingerprint density at radius 1 is 1.06 bits per heavy atom. The van der Waals surface area contributed by atoms with Gasteiger partial charge in [0.05, 0.1) is 0 Å². The highest BCUT2D eigenvalue weighted by atomic mass is 16.1. The van der Waals surface area contributed by atoms with Gasteiger partial charge in [0.1, 0.15) is 12.6 Å². The van der Waals surface area contributed by atoms with Crippen molar-refractivity contribution in [1.29, 1.82) is 0 Å². The highest BCUT2D eigenvalue weighted by Gasteiger charge is 2.24. The van der Waals surface area contributed by atoms with Crippen molar-refractivity contribution in [3.05, 3.63) is 58.9 Å². The van der Waals surface area contributed by atoms with Crippen molar-refractivity contribution in [2.75, 3.05) is 0 Å². The molecule has 1 aromatic rings. The van der Waals surface area contributed by atoms with E-state index in [0.717, 1.165) is 23.7 Å². The van der Waals surface area contributed by atoms with Crippen molar-refractivity contribution >= 4 is 12.6 Å². The third kappa shape index (κ3) is 2.04. The second-order valence-corrected chi connectivity index (χ2v) is 3.98. The molecule has 2 rings (SSSR count). The molecule has 3 nitrogen and oxygen atoms in total. The van der Waals surface area contributed by atoms with Gasteiger partial charge in [-0.2, -0.15) is 0 Å². The van der Waals surface area contributed by atoms with Crippen LogP contribution in [0, 0.1) is 6.92 Å². The molecule has 0 spiro atoms. The van der Waals surface area contributed by atoms with Crippen LogP contribution in [-0.4, -0.2) is 12.6 Å². The van der Waals surface area contributed by atoms with E-state index in [2.05, 4.69) is 5.32 Å². The number of allylic oxidation sites excluding steroid dienone is 2. The van der Waals surface area contributed by atoms with Crippen LogP contribution in [0.2, 0.25) is 0 Å². The van der Waals surface area contributed by atoms with Gasteiger partial charge >= 0.3 is 0 Å². The van der Waals surface area contributed by atoms with Crippen molar-refractivity contribution in [1.82, 2.24) is 5.32 Å². The van der Waals surface area contributed by atoms with E-state index in [1.165, 1.54) is 0 Å². The van der Waals surface area contributed by atoms with Crippen LogP contribution >= 0.6 is 0 Å². The number of aryl methyl sites for hydroxylation is 1. The summed E-state index contributed by atoms with van der Waals surface area (Å²) in [6, 6.07) is 7.77. The molecule has 1 N–H and O–H groups in total. The van der Waals surface area contributed by atoms with Crippen molar-refractivity contribution in [3.8, 4) is 0 Å². The Labute approximate surface area is 99.8 Å². The van der Waals surface area contributed by atoms with Crippen molar-refractivity contribution in [2.45, 2.75) is 12.8 Å². The molecule has 0 atom stereocenters. The number of rotatable bonds is 3. The molecule has 0 bridgehead atoms. The monoisotopic (exact) mass is 227 g/mol. The first-order valence-corrected chi connectivity index (χ1v) is 5.40. The number of carbonyl (C=O) groups excluding carboxylic acids is 2. The lowest BCUT2D eigenvalue weighted by molar-refractivity contribution is -0.105. The van der Waals surface area contributed by atoms with E-state index in [4.69, 9.17) is 0 Å². The van der Waals surface area contributed by atoms with Crippen LogP contribution in [0.4, 0.5) is 0 Å². The van der Waals surface area contributed by atoms with Crippen LogP contribution in [-0.2, 0) is 9.59 Å². The average molecular weight is 227 g/mol. The Morgan fingerprint density at radius 2 is 1.65 bits per heavy atom. The van der Waals surface area contributed by atoms with E-state index in [9.17, 15) is 9.59 Å². The summed E-state index contributed by atoms with van der Waals surface area (Å²) in [5, 5.41) is 2.82. The summed E-state index contributed by atoms with van der Waals surface area (Å²) in [7, 11) is 0. The fourth-order valence-electron chi connectivity index (χ4n) is 2.07. The Morgan fingerprint density at radius 3 is 2.18 bits per heavy atom. The van der Waals surface area contributed by atoms with Crippen LogP contribution in [0.25, 0.3) is 0 Å². The molecule has 1 heterocycles. The van der Waals surface area contributed by atoms with Crippen LogP contribution in [0.1, 0.15) is 17.0 Å². The molecule has 0 unspecified atom stereocenters. The van der Waals surface area contributed by atoms with Gasteiger partial charge in [0, 0.05) is 29.5 Å². The molecule has 0 radical (unpaired) electrons. The molecule has 1 aromatic carbocycles. The number of hydrogen-bond acceptors (Lipinski definition) is 3. The molecular weight excluding hydrogens is 214 g/mol. The zero-order chi connectivity index (χ0) is 12.3. The summed E-state index contributed by atoms with van der Waals surface area (Å²) in [4.78, 5) is 22.1. The lowest BCUT2D eigenvalue weighted by atomic mass is 9.83. The smallest absolute Gasteiger partial charge is 0.148 e. The maximum atomic E-state index is 11.1. The van der Waals surface area contributed by atoms with E-state index >= 15 is 0 Å². The molecule has 0 amide bonds. The largest absolute Gasteiger partial charge is 0.367 e. The fourth-order valence-corrected chi connectivity index (χ4v) is 2.07. The van der Waals surface area contributed by atoms with Gasteiger partial charge in [-0.3, -0.25) is 9.59 Å². The molecule has 86 valence electrons. The molecule has 0 saturated heterocycles. The Balaban J connectivity index is 2.52. The quantitative estimate of drug-likeness (QED) is 0.801. The van der Waals surface area contributed by atoms with Gasteiger partial charge < -0.3 is 5.32 Å². The number of benzene rings is 1. The van der Waals surface area contributed by atoms with Crippen LogP contribution in [0.3, 0.4) is 0 Å². The topological polar surface area (TPSA) is 46.2 Å². The molecular formula is C14H13NO2. The third-order valence-electron chi connectivity index (χ3n) is 2.94. The molecule has 0 fully saturated rings.